The van der Waals surface area contributed by atoms with Crippen molar-refractivity contribution in [3.8, 4) is 0 Å². The SMILES string of the molecule is O=C(NCc1ccco1)c1cc(N2CCN(c3ccc(F)cc3)CC2)ccn1. The second kappa shape index (κ2) is 8.12. The number of hydrogen-bond acceptors (Lipinski definition) is 5. The minimum atomic E-state index is -0.233. The highest BCUT2D eigenvalue weighted by atomic mass is 19.1. The van der Waals surface area contributed by atoms with Crippen molar-refractivity contribution in [3.63, 3.8) is 0 Å². The summed E-state index contributed by atoms with van der Waals surface area (Å²) in [5.41, 5.74) is 2.37. The highest BCUT2D eigenvalue weighted by Crippen LogP contribution is 2.21. The van der Waals surface area contributed by atoms with Crippen molar-refractivity contribution >= 4 is 17.3 Å². The predicted molar refractivity (Wildman–Crippen MR) is 105 cm³/mol. The van der Waals surface area contributed by atoms with Crippen LogP contribution in [0.25, 0.3) is 0 Å². The van der Waals surface area contributed by atoms with Crippen LogP contribution >= 0.6 is 0 Å². The molecule has 0 atom stereocenters. The summed E-state index contributed by atoms with van der Waals surface area (Å²) in [5, 5.41) is 2.81. The summed E-state index contributed by atoms with van der Waals surface area (Å²) >= 11 is 0. The summed E-state index contributed by atoms with van der Waals surface area (Å²) in [6.07, 6.45) is 3.23. The molecule has 1 amide bonds. The van der Waals surface area contributed by atoms with Crippen molar-refractivity contribution in [1.82, 2.24) is 10.3 Å². The number of halogens is 1. The maximum absolute atomic E-state index is 13.1. The Balaban J connectivity index is 1.36. The number of amides is 1. The van der Waals surface area contributed by atoms with E-state index in [-0.39, 0.29) is 11.7 Å². The maximum Gasteiger partial charge on any atom is 0.270 e. The van der Waals surface area contributed by atoms with Gasteiger partial charge in [-0.3, -0.25) is 9.78 Å². The van der Waals surface area contributed by atoms with Crippen molar-refractivity contribution in [2.24, 2.45) is 0 Å². The van der Waals surface area contributed by atoms with Gasteiger partial charge in [0.25, 0.3) is 5.91 Å². The number of furan rings is 1. The fraction of sp³-hybridized carbons (Fsp3) is 0.238. The third-order valence-electron chi connectivity index (χ3n) is 4.82. The maximum atomic E-state index is 13.1. The molecular weight excluding hydrogens is 359 g/mol. The van der Waals surface area contributed by atoms with Crippen LogP contribution in [-0.2, 0) is 6.54 Å². The first-order valence-electron chi connectivity index (χ1n) is 9.21. The van der Waals surface area contributed by atoms with Gasteiger partial charge in [-0.2, -0.15) is 0 Å². The molecule has 4 rings (SSSR count). The van der Waals surface area contributed by atoms with Crippen LogP contribution < -0.4 is 15.1 Å². The number of anilines is 2. The van der Waals surface area contributed by atoms with Gasteiger partial charge < -0.3 is 19.5 Å². The number of carbonyl (C=O) groups is 1. The molecule has 1 aliphatic heterocycles. The van der Waals surface area contributed by atoms with Crippen LogP contribution in [0.1, 0.15) is 16.2 Å². The number of hydrogen-bond donors (Lipinski definition) is 1. The minimum absolute atomic E-state index is 0.225. The first-order valence-corrected chi connectivity index (χ1v) is 9.21. The Bertz CT molecular complexity index is 920. The molecule has 3 heterocycles. The molecule has 1 aliphatic rings. The van der Waals surface area contributed by atoms with Crippen LogP contribution in [0.3, 0.4) is 0 Å². The van der Waals surface area contributed by atoms with Gasteiger partial charge in [-0.05, 0) is 48.5 Å². The number of aromatic nitrogens is 1. The van der Waals surface area contributed by atoms with Gasteiger partial charge in [0.1, 0.15) is 17.3 Å². The molecule has 144 valence electrons. The second-order valence-electron chi connectivity index (χ2n) is 6.61. The first-order chi connectivity index (χ1) is 13.7. The summed E-state index contributed by atoms with van der Waals surface area (Å²) in [7, 11) is 0. The van der Waals surface area contributed by atoms with E-state index in [4.69, 9.17) is 4.42 Å². The van der Waals surface area contributed by atoms with E-state index < -0.39 is 0 Å². The monoisotopic (exact) mass is 380 g/mol. The molecule has 0 saturated carbocycles. The van der Waals surface area contributed by atoms with E-state index >= 15 is 0 Å². The van der Waals surface area contributed by atoms with Crippen molar-refractivity contribution in [1.29, 1.82) is 0 Å². The summed E-state index contributed by atoms with van der Waals surface area (Å²) in [4.78, 5) is 21.0. The van der Waals surface area contributed by atoms with Crippen LogP contribution in [0.4, 0.5) is 15.8 Å². The van der Waals surface area contributed by atoms with E-state index in [1.54, 1.807) is 30.7 Å². The Morgan fingerprint density at radius 3 is 2.43 bits per heavy atom. The fourth-order valence-electron chi connectivity index (χ4n) is 3.29. The standard InChI is InChI=1S/C21H21FN4O2/c22-16-3-5-17(6-4-16)25-9-11-26(12-10-25)18-7-8-23-20(14-18)21(27)24-15-19-2-1-13-28-19/h1-8,13-14H,9-12,15H2,(H,24,27). The molecule has 2 aromatic heterocycles. The number of piperazine rings is 1. The van der Waals surface area contributed by atoms with Crippen LogP contribution in [-0.4, -0.2) is 37.1 Å². The Morgan fingerprint density at radius 1 is 1.04 bits per heavy atom. The van der Waals surface area contributed by atoms with Gasteiger partial charge in [-0.15, -0.1) is 0 Å². The van der Waals surface area contributed by atoms with Crippen LogP contribution in [0.5, 0.6) is 0 Å². The smallest absolute Gasteiger partial charge is 0.270 e. The lowest BCUT2D eigenvalue weighted by Gasteiger charge is -2.37. The first kappa shape index (κ1) is 18.0. The zero-order chi connectivity index (χ0) is 19.3. The zero-order valence-electron chi connectivity index (χ0n) is 15.3. The van der Waals surface area contributed by atoms with E-state index in [9.17, 15) is 9.18 Å². The van der Waals surface area contributed by atoms with Gasteiger partial charge in [-0.1, -0.05) is 0 Å². The van der Waals surface area contributed by atoms with Crippen molar-refractivity contribution < 1.29 is 13.6 Å². The minimum Gasteiger partial charge on any atom is -0.467 e. The molecule has 0 spiro atoms. The summed E-state index contributed by atoms with van der Waals surface area (Å²) < 4.78 is 18.3. The number of nitrogens with one attached hydrogen (secondary N) is 1. The molecule has 0 unspecified atom stereocenters. The molecule has 0 radical (unpaired) electrons. The predicted octanol–water partition coefficient (Wildman–Crippen LogP) is 3.07. The zero-order valence-corrected chi connectivity index (χ0v) is 15.3. The third kappa shape index (κ3) is 4.14. The largest absolute Gasteiger partial charge is 0.467 e. The van der Waals surface area contributed by atoms with E-state index in [1.807, 2.05) is 18.2 Å². The highest BCUT2D eigenvalue weighted by molar-refractivity contribution is 5.93. The second-order valence-corrected chi connectivity index (χ2v) is 6.61. The molecule has 0 aliphatic carbocycles. The Morgan fingerprint density at radius 2 is 1.75 bits per heavy atom. The van der Waals surface area contributed by atoms with Crippen LogP contribution in [0.15, 0.2) is 65.4 Å². The van der Waals surface area contributed by atoms with Crippen LogP contribution in [0.2, 0.25) is 0 Å². The van der Waals surface area contributed by atoms with E-state index in [2.05, 4.69) is 20.1 Å². The van der Waals surface area contributed by atoms with Gasteiger partial charge in [0.05, 0.1) is 12.8 Å². The molecule has 3 aromatic rings. The lowest BCUT2D eigenvalue weighted by molar-refractivity contribution is 0.0943. The molecule has 1 fully saturated rings. The van der Waals surface area contributed by atoms with Gasteiger partial charge >= 0.3 is 0 Å². The molecule has 0 bridgehead atoms. The van der Waals surface area contributed by atoms with E-state index in [0.29, 0.717) is 18.0 Å². The number of carbonyl (C=O) groups excluding carboxylic acids is 1. The third-order valence-corrected chi connectivity index (χ3v) is 4.82. The summed E-state index contributed by atoms with van der Waals surface area (Å²) in [6, 6.07) is 13.9. The van der Waals surface area contributed by atoms with Gasteiger partial charge in [0, 0.05) is 43.8 Å². The number of benzene rings is 1. The number of nitrogens with zero attached hydrogens (tertiary/aromatic N) is 3. The van der Waals surface area contributed by atoms with Gasteiger partial charge in [0.15, 0.2) is 0 Å². The lowest BCUT2D eigenvalue weighted by atomic mass is 10.2. The fourth-order valence-corrected chi connectivity index (χ4v) is 3.29. The Kier molecular flexibility index (Phi) is 5.23. The Hall–Kier alpha value is -3.35. The average Bonchev–Trinajstić information content (AvgIpc) is 3.26. The van der Waals surface area contributed by atoms with Gasteiger partial charge in [0.2, 0.25) is 0 Å². The molecule has 1 aromatic carbocycles. The van der Waals surface area contributed by atoms with Crippen LogP contribution in [0, 0.1) is 5.82 Å². The number of pyridine rings is 1. The Labute approximate surface area is 162 Å². The molecule has 28 heavy (non-hydrogen) atoms. The van der Waals surface area contributed by atoms with Gasteiger partial charge in [-0.25, -0.2) is 4.39 Å². The summed E-state index contributed by atoms with van der Waals surface area (Å²) in [6.45, 7) is 3.61. The topological polar surface area (TPSA) is 61.6 Å². The van der Waals surface area contributed by atoms with Crippen molar-refractivity contribution in [3.05, 3.63) is 78.3 Å². The average molecular weight is 380 g/mol. The highest BCUT2D eigenvalue weighted by Gasteiger charge is 2.19. The van der Waals surface area contributed by atoms with E-state index in [1.165, 1.54) is 12.1 Å². The number of rotatable bonds is 5. The molecule has 1 N–H and O–H groups in total. The molecular formula is C21H21FN4O2. The quantitative estimate of drug-likeness (QED) is 0.737. The molecule has 7 heteroatoms. The van der Waals surface area contributed by atoms with E-state index in [0.717, 1.165) is 37.6 Å². The normalized spacial score (nSPS) is 14.2. The molecule has 1 saturated heterocycles. The summed E-state index contributed by atoms with van der Waals surface area (Å²) in [5.74, 6) is 0.238. The van der Waals surface area contributed by atoms with Crippen molar-refractivity contribution in [2.45, 2.75) is 6.54 Å². The van der Waals surface area contributed by atoms with Crippen molar-refractivity contribution in [2.75, 3.05) is 36.0 Å². The lowest BCUT2D eigenvalue weighted by Crippen LogP contribution is -2.46. The molecule has 6 nitrogen and oxygen atoms in total.